The number of fused-ring (bicyclic) bond motifs is 2. The number of Topliss-reactive ketones (excluding diaryl/α,β-unsaturated/α-hetero) is 2. The van der Waals surface area contributed by atoms with E-state index in [0.717, 1.165) is 5.56 Å². The standard InChI is InChI=1S/C28H32N2O7/c1-30(2)20(15-37-14-16-7-4-3-5-8-16)19-12-18-11-17-9-6-10-21(31)24(17)26(34)25(18)27(35)28(19,36)22(32)13-23(29)33/h3-10,18-20,31,34,36H,11-15H2,1-2H3,(H2,29,33)/t18-,19-,20+,28+/m0/s1. The zero-order chi connectivity index (χ0) is 26.9. The molecule has 196 valence electrons. The second-order valence-electron chi connectivity index (χ2n) is 10.0. The third-order valence-electron chi connectivity index (χ3n) is 7.45. The highest BCUT2D eigenvalue weighted by atomic mass is 16.5. The van der Waals surface area contributed by atoms with Crippen LogP contribution in [0.25, 0.3) is 5.76 Å². The second-order valence-corrected chi connectivity index (χ2v) is 10.0. The van der Waals surface area contributed by atoms with Crippen LogP contribution in [0.1, 0.15) is 29.5 Å². The lowest BCUT2D eigenvalue weighted by molar-refractivity contribution is -0.164. The summed E-state index contributed by atoms with van der Waals surface area (Å²) in [5, 5.41) is 33.2. The number of aromatic hydroxyl groups is 1. The van der Waals surface area contributed by atoms with Gasteiger partial charge in [0.25, 0.3) is 0 Å². The molecular weight excluding hydrogens is 476 g/mol. The fraction of sp³-hybridized carbons (Fsp3) is 0.393. The fourth-order valence-electron chi connectivity index (χ4n) is 5.63. The summed E-state index contributed by atoms with van der Waals surface area (Å²) in [5.41, 5.74) is 4.25. The van der Waals surface area contributed by atoms with Gasteiger partial charge in [-0.25, -0.2) is 0 Å². The average Bonchev–Trinajstić information content (AvgIpc) is 2.84. The van der Waals surface area contributed by atoms with Crippen LogP contribution in [0.2, 0.25) is 0 Å². The molecule has 0 unspecified atom stereocenters. The van der Waals surface area contributed by atoms with Gasteiger partial charge in [0.2, 0.25) is 11.7 Å². The van der Waals surface area contributed by atoms with E-state index in [1.165, 1.54) is 6.07 Å². The third-order valence-corrected chi connectivity index (χ3v) is 7.45. The Morgan fingerprint density at radius 2 is 1.84 bits per heavy atom. The Kier molecular flexibility index (Phi) is 7.49. The minimum atomic E-state index is -2.61. The van der Waals surface area contributed by atoms with Crippen molar-refractivity contribution in [1.82, 2.24) is 4.90 Å². The maximum atomic E-state index is 13.9. The average molecular weight is 509 g/mol. The number of hydrogen-bond acceptors (Lipinski definition) is 8. The molecule has 0 bridgehead atoms. The molecule has 1 saturated carbocycles. The fourth-order valence-corrected chi connectivity index (χ4v) is 5.63. The molecule has 0 aliphatic heterocycles. The van der Waals surface area contributed by atoms with E-state index in [1.807, 2.05) is 30.3 Å². The first-order chi connectivity index (χ1) is 17.6. The molecule has 9 heteroatoms. The molecule has 2 aromatic carbocycles. The van der Waals surface area contributed by atoms with Crippen molar-refractivity contribution in [3.63, 3.8) is 0 Å². The summed E-state index contributed by atoms with van der Waals surface area (Å²) in [6.45, 7) is 0.392. The van der Waals surface area contributed by atoms with Crippen molar-refractivity contribution in [2.75, 3.05) is 20.7 Å². The molecule has 2 aromatic rings. The molecule has 0 aromatic heterocycles. The maximum absolute atomic E-state index is 13.9. The van der Waals surface area contributed by atoms with Crippen LogP contribution in [-0.4, -0.2) is 70.0 Å². The Hall–Kier alpha value is -3.53. The van der Waals surface area contributed by atoms with Gasteiger partial charge in [-0.2, -0.15) is 0 Å². The smallest absolute Gasteiger partial charge is 0.225 e. The molecule has 0 saturated heterocycles. The van der Waals surface area contributed by atoms with Crippen LogP contribution in [0.15, 0.2) is 54.1 Å². The first-order valence-electron chi connectivity index (χ1n) is 12.2. The molecule has 4 atom stereocenters. The summed E-state index contributed by atoms with van der Waals surface area (Å²) in [4.78, 5) is 40.6. The lowest BCUT2D eigenvalue weighted by atomic mass is 9.60. The van der Waals surface area contributed by atoms with Crippen LogP contribution >= 0.6 is 0 Å². The Labute approximate surface area is 215 Å². The van der Waals surface area contributed by atoms with Gasteiger partial charge in [-0.3, -0.25) is 14.4 Å². The number of phenolic OH excluding ortho intramolecular Hbond substituents is 1. The van der Waals surface area contributed by atoms with E-state index in [1.54, 1.807) is 31.1 Å². The number of benzene rings is 2. The van der Waals surface area contributed by atoms with Crippen LogP contribution in [-0.2, 0) is 32.1 Å². The summed E-state index contributed by atoms with van der Waals surface area (Å²) < 4.78 is 5.95. The van der Waals surface area contributed by atoms with E-state index >= 15 is 0 Å². The Morgan fingerprint density at radius 1 is 1.14 bits per heavy atom. The minimum Gasteiger partial charge on any atom is -0.507 e. The van der Waals surface area contributed by atoms with Crippen molar-refractivity contribution in [3.8, 4) is 5.75 Å². The predicted molar refractivity (Wildman–Crippen MR) is 135 cm³/mol. The minimum absolute atomic E-state index is 0.0983. The molecule has 2 aliphatic rings. The van der Waals surface area contributed by atoms with Crippen LogP contribution in [0, 0.1) is 11.8 Å². The molecule has 0 radical (unpaired) electrons. The lowest BCUT2D eigenvalue weighted by Gasteiger charge is -2.47. The lowest BCUT2D eigenvalue weighted by Crippen LogP contribution is -2.64. The number of amides is 1. The number of nitrogens with zero attached hydrogens (tertiary/aromatic N) is 1. The SMILES string of the molecule is CN(C)[C@H](COCc1ccccc1)[C@@H]1C[C@@H]2Cc3cccc(O)c3C(O)=C2C(=O)[C@]1(O)C(=O)CC(N)=O. The van der Waals surface area contributed by atoms with Gasteiger partial charge in [0.15, 0.2) is 11.4 Å². The van der Waals surface area contributed by atoms with Gasteiger partial charge in [-0.05, 0) is 50.0 Å². The van der Waals surface area contributed by atoms with Gasteiger partial charge < -0.3 is 30.7 Å². The van der Waals surface area contributed by atoms with Crippen molar-refractivity contribution in [2.45, 2.75) is 37.5 Å². The Morgan fingerprint density at radius 3 is 2.49 bits per heavy atom. The van der Waals surface area contributed by atoms with E-state index < -0.39 is 53.1 Å². The molecule has 1 amide bonds. The van der Waals surface area contributed by atoms with Crippen molar-refractivity contribution in [3.05, 3.63) is 70.8 Å². The van der Waals surface area contributed by atoms with Crippen molar-refractivity contribution in [1.29, 1.82) is 0 Å². The molecule has 5 N–H and O–H groups in total. The molecular formula is C28H32N2O7. The predicted octanol–water partition coefficient (Wildman–Crippen LogP) is 1.75. The molecule has 9 nitrogen and oxygen atoms in total. The number of carbonyl (C=O) groups is 3. The summed E-state index contributed by atoms with van der Waals surface area (Å²) in [5.74, 6) is -5.09. The summed E-state index contributed by atoms with van der Waals surface area (Å²) in [6, 6.07) is 13.7. The second kappa shape index (κ2) is 10.5. The number of carbonyl (C=O) groups excluding carboxylic acids is 3. The highest BCUT2D eigenvalue weighted by Gasteiger charge is 2.60. The number of ether oxygens (including phenoxy) is 1. The number of likely N-dealkylation sites (N-methyl/N-ethyl adjacent to an activating group) is 1. The molecule has 37 heavy (non-hydrogen) atoms. The first-order valence-corrected chi connectivity index (χ1v) is 12.2. The van der Waals surface area contributed by atoms with Crippen molar-refractivity contribution in [2.24, 2.45) is 17.6 Å². The highest BCUT2D eigenvalue weighted by Crippen LogP contribution is 2.49. The van der Waals surface area contributed by atoms with E-state index in [4.69, 9.17) is 10.5 Å². The highest BCUT2D eigenvalue weighted by molar-refractivity contribution is 6.23. The van der Waals surface area contributed by atoms with E-state index in [-0.39, 0.29) is 29.9 Å². The van der Waals surface area contributed by atoms with E-state index in [0.29, 0.717) is 18.6 Å². The molecule has 2 aliphatic carbocycles. The number of rotatable bonds is 9. The number of aliphatic hydroxyl groups excluding tert-OH is 1. The number of ketones is 2. The maximum Gasteiger partial charge on any atom is 0.225 e. The Balaban J connectivity index is 1.74. The van der Waals surface area contributed by atoms with Gasteiger partial charge in [0.1, 0.15) is 11.5 Å². The topological polar surface area (TPSA) is 150 Å². The summed E-state index contributed by atoms with van der Waals surface area (Å²) in [6.07, 6.45) is -0.334. The van der Waals surface area contributed by atoms with Crippen molar-refractivity contribution >= 4 is 23.2 Å². The molecule has 0 spiro atoms. The van der Waals surface area contributed by atoms with Crippen LogP contribution in [0.5, 0.6) is 5.75 Å². The number of nitrogens with two attached hydrogens (primary N) is 1. The third kappa shape index (κ3) is 4.90. The molecule has 4 rings (SSSR count). The van der Waals surface area contributed by atoms with Crippen LogP contribution in [0.4, 0.5) is 0 Å². The quantitative estimate of drug-likeness (QED) is 0.374. The van der Waals surface area contributed by atoms with Crippen LogP contribution < -0.4 is 5.73 Å². The zero-order valence-corrected chi connectivity index (χ0v) is 20.9. The van der Waals surface area contributed by atoms with E-state index in [9.17, 15) is 29.7 Å². The normalized spacial score (nSPS) is 23.9. The van der Waals surface area contributed by atoms with Crippen molar-refractivity contribution < 1.29 is 34.4 Å². The van der Waals surface area contributed by atoms with Gasteiger partial charge in [0.05, 0.1) is 25.2 Å². The summed E-state index contributed by atoms with van der Waals surface area (Å²) >= 11 is 0. The number of aliphatic hydroxyl groups is 2. The Bertz CT molecular complexity index is 1240. The van der Waals surface area contributed by atoms with Gasteiger partial charge in [-0.1, -0.05) is 42.5 Å². The van der Waals surface area contributed by atoms with E-state index in [2.05, 4.69) is 0 Å². The largest absolute Gasteiger partial charge is 0.507 e. The number of hydrogen-bond donors (Lipinski definition) is 4. The molecule has 0 heterocycles. The number of primary amides is 1. The first kappa shape index (κ1) is 26.5. The molecule has 1 fully saturated rings. The monoisotopic (exact) mass is 508 g/mol. The van der Waals surface area contributed by atoms with Gasteiger partial charge >= 0.3 is 0 Å². The van der Waals surface area contributed by atoms with Gasteiger partial charge in [0, 0.05) is 17.5 Å². The van der Waals surface area contributed by atoms with Gasteiger partial charge in [-0.15, -0.1) is 0 Å². The summed E-state index contributed by atoms with van der Waals surface area (Å²) in [7, 11) is 3.52. The number of phenols is 1. The zero-order valence-electron chi connectivity index (χ0n) is 20.9. The van der Waals surface area contributed by atoms with Crippen LogP contribution in [0.3, 0.4) is 0 Å².